The van der Waals surface area contributed by atoms with Crippen LogP contribution in [0.5, 0.6) is 0 Å². The lowest BCUT2D eigenvalue weighted by Gasteiger charge is -2.23. The summed E-state index contributed by atoms with van der Waals surface area (Å²) in [6, 6.07) is 0. The largest absolute Gasteiger partial charge is 0.550 e. The van der Waals surface area contributed by atoms with Gasteiger partial charge in [0.1, 0.15) is 5.60 Å². The van der Waals surface area contributed by atoms with E-state index in [2.05, 4.69) is 9.78 Å². The number of hydrogen-bond acceptors (Lipinski definition) is 6. The third-order valence-electron chi connectivity index (χ3n) is 1.67. The van der Waals surface area contributed by atoms with Crippen LogP contribution >= 0.6 is 0 Å². The Morgan fingerprint density at radius 3 is 2.38 bits per heavy atom. The van der Waals surface area contributed by atoms with Crippen molar-refractivity contribution in [3.8, 4) is 0 Å². The zero-order chi connectivity index (χ0) is 12.6. The summed E-state index contributed by atoms with van der Waals surface area (Å²) in [5, 5.41) is 8.06. The van der Waals surface area contributed by atoms with Gasteiger partial charge in [0.15, 0.2) is 0 Å². The van der Waals surface area contributed by atoms with Crippen LogP contribution in [-0.4, -0.2) is 36.7 Å². The van der Waals surface area contributed by atoms with E-state index in [0.29, 0.717) is 19.4 Å². The molecule has 0 spiro atoms. The van der Waals surface area contributed by atoms with Crippen LogP contribution in [0.1, 0.15) is 26.7 Å². The molecule has 0 amide bonds. The summed E-state index contributed by atoms with van der Waals surface area (Å²) in [4.78, 5) is 28.3. The maximum atomic E-state index is 10.9. The fourth-order valence-corrected chi connectivity index (χ4v) is 1.01. The Bertz CT molecular complexity index is 236. The second-order valence-corrected chi connectivity index (χ2v) is 3.64. The molecule has 0 aromatic heterocycles. The molecule has 7 heteroatoms. The van der Waals surface area contributed by atoms with E-state index in [1.807, 2.05) is 0 Å². The van der Waals surface area contributed by atoms with Gasteiger partial charge >= 0.3 is 12.3 Å². The van der Waals surface area contributed by atoms with Gasteiger partial charge in [0.25, 0.3) is 0 Å². The summed E-state index contributed by atoms with van der Waals surface area (Å²) in [6.45, 7) is 3.89. The number of carbonyl (C=O) groups excluding carboxylic acids is 1. The molecule has 0 unspecified atom stereocenters. The van der Waals surface area contributed by atoms with Crippen LogP contribution in [0.3, 0.4) is 0 Å². The van der Waals surface area contributed by atoms with Crippen molar-refractivity contribution in [1.29, 1.82) is 0 Å². The molecule has 0 fully saturated rings. The third kappa shape index (κ3) is 7.86. The van der Waals surface area contributed by atoms with Gasteiger partial charge in [-0.2, -0.15) is 9.68 Å². The van der Waals surface area contributed by atoms with Crippen molar-refractivity contribution in [1.82, 2.24) is 0 Å². The van der Waals surface area contributed by atoms with Gasteiger partial charge in [-0.15, -0.1) is 0 Å². The second kappa shape index (κ2) is 6.89. The van der Waals surface area contributed by atoms with Gasteiger partial charge in [-0.3, -0.25) is 0 Å². The summed E-state index contributed by atoms with van der Waals surface area (Å²) in [6.07, 6.45) is -1.64. The molecule has 0 saturated heterocycles. The molecule has 0 atom stereocenters. The molecule has 0 aliphatic carbocycles. The Balaban J connectivity index is 3.85. The highest BCUT2D eigenvalue weighted by atomic mass is 17.3. The first kappa shape index (κ1) is 14.5. The zero-order valence-corrected chi connectivity index (χ0v) is 9.52. The fourth-order valence-electron chi connectivity index (χ4n) is 1.01. The minimum Gasteiger partial charge on any atom is -0.447 e. The number of ether oxygens (including phenoxy) is 2. The SMILES string of the molecule is COCCCC(C)(C)OC(=O)OOC(=O)O. The van der Waals surface area contributed by atoms with Crippen molar-refractivity contribution in [2.24, 2.45) is 0 Å². The van der Waals surface area contributed by atoms with Gasteiger partial charge in [-0.05, 0) is 26.7 Å². The zero-order valence-electron chi connectivity index (χ0n) is 9.52. The molecule has 0 bridgehead atoms. The highest BCUT2D eigenvalue weighted by Gasteiger charge is 2.24. The van der Waals surface area contributed by atoms with E-state index in [1.54, 1.807) is 21.0 Å². The van der Waals surface area contributed by atoms with Crippen molar-refractivity contribution < 1.29 is 33.9 Å². The summed E-state index contributed by atoms with van der Waals surface area (Å²) in [5.41, 5.74) is -0.766. The number of rotatable bonds is 5. The van der Waals surface area contributed by atoms with E-state index in [0.717, 1.165) is 0 Å². The van der Waals surface area contributed by atoms with Gasteiger partial charge < -0.3 is 14.6 Å². The minimum absolute atomic E-state index is 0.549. The first-order chi connectivity index (χ1) is 7.37. The Kier molecular flexibility index (Phi) is 6.24. The Hall–Kier alpha value is -1.50. The number of carbonyl (C=O) groups is 2. The standard InChI is InChI=1S/C9H16O7/c1-9(2,5-4-6-13-3)14-8(12)16-15-7(10)11/h4-6H2,1-3H3,(H,10,11). The maximum absolute atomic E-state index is 10.9. The molecular formula is C9H16O7. The normalized spacial score (nSPS) is 10.7. The van der Waals surface area contributed by atoms with E-state index in [9.17, 15) is 9.59 Å². The fraction of sp³-hybridized carbons (Fsp3) is 0.778. The summed E-state index contributed by atoms with van der Waals surface area (Å²) < 4.78 is 9.68. The van der Waals surface area contributed by atoms with Gasteiger partial charge in [0.05, 0.1) is 0 Å². The Morgan fingerprint density at radius 1 is 1.25 bits per heavy atom. The molecular weight excluding hydrogens is 220 g/mol. The molecule has 94 valence electrons. The van der Waals surface area contributed by atoms with Gasteiger partial charge in [-0.25, -0.2) is 9.68 Å². The molecule has 0 radical (unpaired) electrons. The number of methoxy groups -OCH3 is 1. The second-order valence-electron chi connectivity index (χ2n) is 3.64. The van der Waals surface area contributed by atoms with Crippen LogP contribution in [0.4, 0.5) is 9.59 Å². The first-order valence-corrected chi connectivity index (χ1v) is 4.67. The van der Waals surface area contributed by atoms with E-state index in [1.165, 1.54) is 0 Å². The smallest absolute Gasteiger partial charge is 0.447 e. The molecule has 16 heavy (non-hydrogen) atoms. The van der Waals surface area contributed by atoms with Crippen LogP contribution in [-0.2, 0) is 19.2 Å². The molecule has 0 aliphatic rings. The first-order valence-electron chi connectivity index (χ1n) is 4.67. The molecule has 0 aromatic rings. The lowest BCUT2D eigenvalue weighted by atomic mass is 10.0. The number of hydrogen-bond donors (Lipinski definition) is 1. The molecule has 0 heterocycles. The third-order valence-corrected chi connectivity index (χ3v) is 1.67. The molecule has 1 N–H and O–H groups in total. The van der Waals surface area contributed by atoms with Crippen LogP contribution in [0.2, 0.25) is 0 Å². The Labute approximate surface area is 93.2 Å². The predicted octanol–water partition coefficient (Wildman–Crippen LogP) is 1.95. The lowest BCUT2D eigenvalue weighted by Crippen LogP contribution is -2.29. The molecule has 0 rings (SSSR count). The van der Waals surface area contributed by atoms with Crippen molar-refractivity contribution in [3.63, 3.8) is 0 Å². The van der Waals surface area contributed by atoms with Crippen LogP contribution in [0.15, 0.2) is 0 Å². The summed E-state index contributed by atoms with van der Waals surface area (Å²) in [5.74, 6) is 0. The topological polar surface area (TPSA) is 91.3 Å². The highest BCUT2D eigenvalue weighted by Crippen LogP contribution is 2.17. The van der Waals surface area contributed by atoms with E-state index < -0.39 is 17.9 Å². The summed E-state index contributed by atoms with van der Waals surface area (Å²) in [7, 11) is 1.57. The molecule has 0 aliphatic heterocycles. The summed E-state index contributed by atoms with van der Waals surface area (Å²) >= 11 is 0. The van der Waals surface area contributed by atoms with Crippen LogP contribution in [0.25, 0.3) is 0 Å². The quantitative estimate of drug-likeness (QED) is 0.337. The average molecular weight is 236 g/mol. The van der Waals surface area contributed by atoms with E-state index in [-0.39, 0.29) is 0 Å². The van der Waals surface area contributed by atoms with Crippen LogP contribution in [0, 0.1) is 0 Å². The van der Waals surface area contributed by atoms with Gasteiger partial charge in [-0.1, -0.05) is 0 Å². The monoisotopic (exact) mass is 236 g/mol. The minimum atomic E-state index is -1.71. The average Bonchev–Trinajstić information content (AvgIpc) is 2.14. The van der Waals surface area contributed by atoms with E-state index >= 15 is 0 Å². The highest BCUT2D eigenvalue weighted by molar-refractivity contribution is 5.62. The maximum Gasteiger partial charge on any atom is 0.550 e. The van der Waals surface area contributed by atoms with Crippen LogP contribution < -0.4 is 0 Å². The van der Waals surface area contributed by atoms with Crippen molar-refractivity contribution in [2.45, 2.75) is 32.3 Å². The van der Waals surface area contributed by atoms with Crippen molar-refractivity contribution in [3.05, 3.63) is 0 Å². The molecule has 7 nitrogen and oxygen atoms in total. The van der Waals surface area contributed by atoms with E-state index in [4.69, 9.17) is 14.6 Å². The Morgan fingerprint density at radius 2 is 1.88 bits per heavy atom. The lowest BCUT2D eigenvalue weighted by molar-refractivity contribution is -0.222. The van der Waals surface area contributed by atoms with Crippen molar-refractivity contribution in [2.75, 3.05) is 13.7 Å². The predicted molar refractivity (Wildman–Crippen MR) is 51.9 cm³/mol. The molecule has 0 saturated carbocycles. The van der Waals surface area contributed by atoms with Gasteiger partial charge in [0, 0.05) is 13.7 Å². The number of carboxylic acid groups (broad SMARTS) is 1. The molecule has 0 aromatic carbocycles. The van der Waals surface area contributed by atoms with Crippen molar-refractivity contribution >= 4 is 12.3 Å². The van der Waals surface area contributed by atoms with Gasteiger partial charge in [0.2, 0.25) is 0 Å².